The fraction of sp³-hybridized carbons (Fsp3) is 0.273. The van der Waals surface area contributed by atoms with Crippen molar-refractivity contribution in [2.75, 3.05) is 14.2 Å². The third-order valence-corrected chi connectivity index (χ3v) is 2.23. The fourth-order valence-electron chi connectivity index (χ4n) is 1.37. The van der Waals surface area contributed by atoms with Gasteiger partial charge < -0.3 is 9.47 Å². The first-order valence-electron chi connectivity index (χ1n) is 5.01. The minimum Gasteiger partial charge on any atom is -0.497 e. The van der Waals surface area contributed by atoms with Gasteiger partial charge in [-0.25, -0.2) is 0 Å². The van der Waals surface area contributed by atoms with Crippen LogP contribution in [-0.2, 0) is 0 Å². The molecule has 0 spiro atoms. The van der Waals surface area contributed by atoms with Gasteiger partial charge in [0.05, 0.1) is 19.8 Å². The van der Waals surface area contributed by atoms with Crippen molar-refractivity contribution >= 4 is 0 Å². The van der Waals surface area contributed by atoms with E-state index in [1.54, 1.807) is 33.3 Å². The normalized spacial score (nSPS) is 10.1. The van der Waals surface area contributed by atoms with Crippen molar-refractivity contribution in [3.8, 4) is 22.9 Å². The molecule has 6 heteroatoms. The lowest BCUT2D eigenvalue weighted by molar-refractivity contribution is 0.395. The molecule has 1 aromatic heterocycles. The van der Waals surface area contributed by atoms with E-state index in [0.29, 0.717) is 23.1 Å². The summed E-state index contributed by atoms with van der Waals surface area (Å²) in [5.41, 5.74) is 0.730. The molecular weight excluding hydrogens is 220 g/mol. The van der Waals surface area contributed by atoms with E-state index in [4.69, 9.17) is 9.47 Å². The monoisotopic (exact) mass is 232 g/mol. The van der Waals surface area contributed by atoms with Gasteiger partial charge in [0.15, 0.2) is 5.82 Å². The summed E-state index contributed by atoms with van der Waals surface area (Å²) in [5, 5.41) is 15.7. The number of benzene rings is 1. The smallest absolute Gasteiger partial charge is 0.207 e. The number of rotatable bonds is 3. The second-order valence-electron chi connectivity index (χ2n) is 3.34. The maximum atomic E-state index is 5.26. The zero-order chi connectivity index (χ0) is 12.3. The molecule has 88 valence electrons. The lowest BCUT2D eigenvalue weighted by Gasteiger charge is -2.08. The molecule has 0 radical (unpaired) electrons. The van der Waals surface area contributed by atoms with Crippen molar-refractivity contribution in [3.63, 3.8) is 0 Å². The standard InChI is InChI=1S/C11H12N4O2/c1-7-12-14-11(15-13-7)9-5-4-8(16-2)6-10(9)17-3/h4-6H,1-3H3. The minimum atomic E-state index is 0.426. The average molecular weight is 232 g/mol. The summed E-state index contributed by atoms with van der Waals surface area (Å²) in [6.07, 6.45) is 0. The van der Waals surface area contributed by atoms with Crippen molar-refractivity contribution in [1.82, 2.24) is 20.4 Å². The molecule has 0 bridgehead atoms. The Hall–Kier alpha value is -2.24. The molecule has 2 aromatic rings. The Morgan fingerprint density at radius 1 is 0.941 bits per heavy atom. The van der Waals surface area contributed by atoms with Crippen LogP contribution in [0.3, 0.4) is 0 Å². The summed E-state index contributed by atoms with van der Waals surface area (Å²) >= 11 is 0. The Kier molecular flexibility index (Phi) is 3.13. The molecule has 0 fully saturated rings. The van der Waals surface area contributed by atoms with E-state index >= 15 is 0 Å². The van der Waals surface area contributed by atoms with Gasteiger partial charge in [-0.05, 0) is 19.1 Å². The Morgan fingerprint density at radius 3 is 2.24 bits per heavy atom. The number of methoxy groups -OCH3 is 2. The fourth-order valence-corrected chi connectivity index (χ4v) is 1.37. The first kappa shape index (κ1) is 11.3. The molecule has 17 heavy (non-hydrogen) atoms. The second-order valence-corrected chi connectivity index (χ2v) is 3.34. The summed E-state index contributed by atoms with van der Waals surface area (Å²) in [4.78, 5) is 0. The minimum absolute atomic E-state index is 0.426. The number of aromatic nitrogens is 4. The first-order chi connectivity index (χ1) is 8.24. The van der Waals surface area contributed by atoms with E-state index in [0.717, 1.165) is 5.56 Å². The van der Waals surface area contributed by atoms with E-state index < -0.39 is 0 Å². The molecule has 0 saturated carbocycles. The molecule has 0 unspecified atom stereocenters. The quantitative estimate of drug-likeness (QED) is 0.793. The van der Waals surface area contributed by atoms with Crippen LogP contribution in [0.2, 0.25) is 0 Å². The zero-order valence-corrected chi connectivity index (χ0v) is 9.84. The van der Waals surface area contributed by atoms with Crippen LogP contribution in [0.5, 0.6) is 11.5 Å². The highest BCUT2D eigenvalue weighted by Crippen LogP contribution is 2.30. The van der Waals surface area contributed by atoms with Gasteiger partial charge >= 0.3 is 0 Å². The van der Waals surface area contributed by atoms with Gasteiger partial charge in [0.25, 0.3) is 0 Å². The third-order valence-electron chi connectivity index (χ3n) is 2.23. The van der Waals surface area contributed by atoms with Crippen molar-refractivity contribution < 1.29 is 9.47 Å². The lowest BCUT2D eigenvalue weighted by Crippen LogP contribution is -2.00. The average Bonchev–Trinajstić information content (AvgIpc) is 2.39. The van der Waals surface area contributed by atoms with E-state index in [2.05, 4.69) is 20.4 Å². The van der Waals surface area contributed by atoms with Crippen molar-refractivity contribution in [2.24, 2.45) is 0 Å². The topological polar surface area (TPSA) is 70.0 Å². The molecule has 0 atom stereocenters. The number of nitrogens with zero attached hydrogens (tertiary/aromatic N) is 4. The maximum Gasteiger partial charge on any atom is 0.207 e. The number of ether oxygens (including phenoxy) is 2. The first-order valence-corrected chi connectivity index (χ1v) is 5.01. The molecule has 0 amide bonds. The third kappa shape index (κ3) is 2.30. The predicted molar refractivity (Wildman–Crippen MR) is 60.9 cm³/mol. The van der Waals surface area contributed by atoms with E-state index in [9.17, 15) is 0 Å². The molecule has 1 heterocycles. The predicted octanol–water partition coefficient (Wildman–Crippen LogP) is 1.26. The molecular formula is C11H12N4O2. The maximum absolute atomic E-state index is 5.26. The lowest BCUT2D eigenvalue weighted by atomic mass is 10.2. The number of aryl methyl sites for hydroxylation is 1. The number of hydrogen-bond acceptors (Lipinski definition) is 6. The summed E-state index contributed by atoms with van der Waals surface area (Å²) in [5.74, 6) is 2.28. The zero-order valence-electron chi connectivity index (χ0n) is 9.84. The van der Waals surface area contributed by atoms with Crippen molar-refractivity contribution in [1.29, 1.82) is 0 Å². The summed E-state index contributed by atoms with van der Waals surface area (Å²) < 4.78 is 10.4. The van der Waals surface area contributed by atoms with Crippen LogP contribution < -0.4 is 9.47 Å². The van der Waals surface area contributed by atoms with Crippen LogP contribution in [0, 0.1) is 6.92 Å². The highest BCUT2D eigenvalue weighted by Gasteiger charge is 2.10. The molecule has 0 N–H and O–H groups in total. The second kappa shape index (κ2) is 4.73. The van der Waals surface area contributed by atoms with Gasteiger partial charge in [0.2, 0.25) is 5.82 Å². The number of hydrogen-bond donors (Lipinski definition) is 0. The molecule has 0 aliphatic carbocycles. The van der Waals surface area contributed by atoms with Crippen LogP contribution >= 0.6 is 0 Å². The van der Waals surface area contributed by atoms with E-state index in [1.165, 1.54) is 0 Å². The van der Waals surface area contributed by atoms with E-state index in [-0.39, 0.29) is 0 Å². The van der Waals surface area contributed by atoms with Crippen molar-refractivity contribution in [2.45, 2.75) is 6.92 Å². The molecule has 0 saturated heterocycles. The Morgan fingerprint density at radius 2 is 1.65 bits per heavy atom. The summed E-state index contributed by atoms with van der Waals surface area (Å²) in [6.45, 7) is 1.73. The molecule has 6 nitrogen and oxygen atoms in total. The Labute approximate surface area is 98.6 Å². The van der Waals surface area contributed by atoms with Crippen LogP contribution in [0.1, 0.15) is 5.82 Å². The van der Waals surface area contributed by atoms with Gasteiger partial charge in [-0.1, -0.05) is 0 Å². The largest absolute Gasteiger partial charge is 0.497 e. The molecule has 0 aliphatic heterocycles. The molecule has 0 aliphatic rings. The Balaban J connectivity index is 2.47. The van der Waals surface area contributed by atoms with Gasteiger partial charge in [0.1, 0.15) is 11.5 Å². The van der Waals surface area contributed by atoms with Crippen LogP contribution in [0.4, 0.5) is 0 Å². The van der Waals surface area contributed by atoms with Crippen LogP contribution in [0.25, 0.3) is 11.4 Å². The summed E-state index contributed by atoms with van der Waals surface area (Å²) in [6, 6.07) is 5.38. The van der Waals surface area contributed by atoms with Gasteiger partial charge in [0, 0.05) is 6.07 Å². The van der Waals surface area contributed by atoms with Crippen LogP contribution in [-0.4, -0.2) is 34.6 Å². The molecule has 2 rings (SSSR count). The summed E-state index contributed by atoms with van der Waals surface area (Å²) in [7, 11) is 3.17. The van der Waals surface area contributed by atoms with Gasteiger partial charge in [-0.3, -0.25) is 0 Å². The van der Waals surface area contributed by atoms with E-state index in [1.807, 2.05) is 6.07 Å². The van der Waals surface area contributed by atoms with Gasteiger partial charge in [-0.15, -0.1) is 20.4 Å². The molecule has 1 aromatic carbocycles. The van der Waals surface area contributed by atoms with Gasteiger partial charge in [-0.2, -0.15) is 0 Å². The highest BCUT2D eigenvalue weighted by molar-refractivity contribution is 5.65. The SMILES string of the molecule is COc1ccc(-c2nnc(C)nn2)c(OC)c1. The van der Waals surface area contributed by atoms with Crippen molar-refractivity contribution in [3.05, 3.63) is 24.0 Å². The Bertz CT molecular complexity index is 513. The highest BCUT2D eigenvalue weighted by atomic mass is 16.5. The van der Waals surface area contributed by atoms with Crippen LogP contribution in [0.15, 0.2) is 18.2 Å².